The van der Waals surface area contributed by atoms with Crippen molar-refractivity contribution in [2.45, 2.75) is 76.4 Å². The molecule has 0 amide bonds. The van der Waals surface area contributed by atoms with E-state index in [0.717, 1.165) is 54.9 Å². The zero-order valence-corrected chi connectivity index (χ0v) is 17.2. The van der Waals surface area contributed by atoms with Gasteiger partial charge < -0.3 is 10.4 Å². The Hall–Kier alpha value is -2.83. The van der Waals surface area contributed by atoms with Crippen molar-refractivity contribution in [3.8, 4) is 0 Å². The molecule has 0 aliphatic heterocycles. The molecule has 1 aromatic carbocycles. The fourth-order valence-corrected chi connectivity index (χ4v) is 4.88. The number of allylic oxidation sites excluding steroid dienone is 1. The molecule has 0 radical (unpaired) electrons. The minimum Gasteiger partial charge on any atom is -0.478 e. The molecule has 0 atom stereocenters. The van der Waals surface area contributed by atoms with E-state index in [1.54, 1.807) is 10.6 Å². The van der Waals surface area contributed by atoms with E-state index in [2.05, 4.69) is 5.32 Å². The second-order valence-electron chi connectivity index (χ2n) is 8.46. The number of anilines is 1. The lowest BCUT2D eigenvalue weighted by Crippen LogP contribution is -2.41. The number of hydrogen-bond acceptors (Lipinski definition) is 4. The van der Waals surface area contributed by atoms with E-state index in [1.165, 1.54) is 25.3 Å². The van der Waals surface area contributed by atoms with Crippen molar-refractivity contribution in [2.75, 3.05) is 5.32 Å². The van der Waals surface area contributed by atoms with E-state index >= 15 is 0 Å². The lowest BCUT2D eigenvalue weighted by Gasteiger charge is -2.24. The van der Waals surface area contributed by atoms with Gasteiger partial charge >= 0.3 is 11.7 Å². The molecular weight excluding hydrogens is 382 g/mol. The smallest absolute Gasteiger partial charge is 0.332 e. The van der Waals surface area contributed by atoms with Crippen LogP contribution >= 0.6 is 0 Å². The SMILES string of the molecule is O=C(O)/C=C/Cn1c(=O)c2ccc(NC3CCCCC3)cc2n(C2CCCC2)c1=O. The molecule has 1 heterocycles. The van der Waals surface area contributed by atoms with Gasteiger partial charge in [0.1, 0.15) is 0 Å². The van der Waals surface area contributed by atoms with Crippen molar-refractivity contribution in [2.24, 2.45) is 0 Å². The summed E-state index contributed by atoms with van der Waals surface area (Å²) in [5, 5.41) is 12.9. The summed E-state index contributed by atoms with van der Waals surface area (Å²) in [6, 6.07) is 6.16. The highest BCUT2D eigenvalue weighted by Gasteiger charge is 2.23. The highest BCUT2D eigenvalue weighted by molar-refractivity contribution is 5.82. The van der Waals surface area contributed by atoms with Crippen LogP contribution in [0.15, 0.2) is 39.9 Å². The topological polar surface area (TPSA) is 93.3 Å². The first-order valence-electron chi connectivity index (χ1n) is 11.0. The Kier molecular flexibility index (Phi) is 6.06. The summed E-state index contributed by atoms with van der Waals surface area (Å²) < 4.78 is 2.92. The van der Waals surface area contributed by atoms with E-state index < -0.39 is 5.97 Å². The first-order valence-corrected chi connectivity index (χ1v) is 11.0. The first kappa shape index (κ1) is 20.4. The normalized spacial score (nSPS) is 18.4. The molecule has 2 fully saturated rings. The summed E-state index contributed by atoms with van der Waals surface area (Å²) in [5.41, 5.74) is 0.896. The highest BCUT2D eigenvalue weighted by Crippen LogP contribution is 2.31. The maximum atomic E-state index is 13.3. The van der Waals surface area contributed by atoms with Crippen LogP contribution < -0.4 is 16.6 Å². The molecule has 7 heteroatoms. The van der Waals surface area contributed by atoms with Gasteiger partial charge in [-0.05, 0) is 43.9 Å². The molecule has 0 unspecified atom stereocenters. The van der Waals surface area contributed by atoms with Crippen molar-refractivity contribution >= 4 is 22.6 Å². The summed E-state index contributed by atoms with van der Waals surface area (Å²) in [6.45, 7) is -0.0469. The summed E-state index contributed by atoms with van der Waals surface area (Å²) in [6.07, 6.45) is 12.3. The van der Waals surface area contributed by atoms with Gasteiger partial charge in [0.15, 0.2) is 0 Å². The van der Waals surface area contributed by atoms with Gasteiger partial charge in [-0.2, -0.15) is 0 Å². The summed E-state index contributed by atoms with van der Waals surface area (Å²) in [5.74, 6) is -1.10. The van der Waals surface area contributed by atoms with Crippen molar-refractivity contribution in [3.63, 3.8) is 0 Å². The Balaban J connectivity index is 1.80. The van der Waals surface area contributed by atoms with Crippen LogP contribution in [0.2, 0.25) is 0 Å². The molecule has 0 saturated heterocycles. The third-order valence-corrected chi connectivity index (χ3v) is 6.38. The molecule has 0 spiro atoms. The minimum absolute atomic E-state index is 0.0469. The Labute approximate surface area is 175 Å². The molecule has 4 rings (SSSR count). The number of hydrogen-bond donors (Lipinski definition) is 2. The number of carbonyl (C=O) groups is 1. The van der Waals surface area contributed by atoms with Gasteiger partial charge in [0, 0.05) is 30.4 Å². The molecule has 2 aliphatic carbocycles. The Bertz CT molecular complexity index is 1070. The zero-order chi connectivity index (χ0) is 21.1. The maximum Gasteiger partial charge on any atom is 0.332 e. The van der Waals surface area contributed by atoms with Crippen molar-refractivity contribution in [1.82, 2.24) is 9.13 Å². The van der Waals surface area contributed by atoms with E-state index in [4.69, 9.17) is 5.11 Å². The Morgan fingerprint density at radius 2 is 1.77 bits per heavy atom. The van der Waals surface area contributed by atoms with Gasteiger partial charge in [-0.1, -0.05) is 38.2 Å². The molecule has 1 aromatic heterocycles. The number of aromatic nitrogens is 2. The monoisotopic (exact) mass is 411 g/mol. The molecule has 160 valence electrons. The summed E-state index contributed by atoms with van der Waals surface area (Å²) in [7, 11) is 0. The fraction of sp³-hybridized carbons (Fsp3) is 0.522. The van der Waals surface area contributed by atoms with E-state index in [0.29, 0.717) is 16.9 Å². The highest BCUT2D eigenvalue weighted by atomic mass is 16.4. The van der Waals surface area contributed by atoms with Gasteiger partial charge in [0.2, 0.25) is 0 Å². The zero-order valence-electron chi connectivity index (χ0n) is 17.2. The van der Waals surface area contributed by atoms with E-state index in [-0.39, 0.29) is 23.8 Å². The largest absolute Gasteiger partial charge is 0.478 e. The van der Waals surface area contributed by atoms with Gasteiger partial charge in [-0.3, -0.25) is 13.9 Å². The predicted molar refractivity (Wildman–Crippen MR) is 117 cm³/mol. The predicted octanol–water partition coefficient (Wildman–Crippen LogP) is 3.66. The molecule has 2 saturated carbocycles. The Morgan fingerprint density at radius 3 is 2.47 bits per heavy atom. The first-order chi connectivity index (χ1) is 14.5. The van der Waals surface area contributed by atoms with Crippen LogP contribution in [0.1, 0.15) is 63.8 Å². The van der Waals surface area contributed by atoms with Crippen LogP contribution in [-0.2, 0) is 11.3 Å². The minimum atomic E-state index is -1.10. The third-order valence-electron chi connectivity index (χ3n) is 6.38. The average Bonchev–Trinajstić information content (AvgIpc) is 3.25. The number of aliphatic carboxylic acids is 1. The number of rotatable bonds is 6. The molecule has 2 aliphatic rings. The van der Waals surface area contributed by atoms with Crippen molar-refractivity contribution in [3.05, 3.63) is 51.2 Å². The summed E-state index contributed by atoms with van der Waals surface area (Å²) >= 11 is 0. The molecular formula is C23H29N3O4. The quantitative estimate of drug-likeness (QED) is 0.708. The molecule has 7 nitrogen and oxygen atoms in total. The van der Waals surface area contributed by atoms with Gasteiger partial charge in [-0.15, -0.1) is 0 Å². The van der Waals surface area contributed by atoms with E-state index in [1.807, 2.05) is 12.1 Å². The van der Waals surface area contributed by atoms with Crippen LogP contribution in [0.5, 0.6) is 0 Å². The van der Waals surface area contributed by atoms with Gasteiger partial charge in [-0.25, -0.2) is 9.59 Å². The Morgan fingerprint density at radius 1 is 1.07 bits per heavy atom. The van der Waals surface area contributed by atoms with Gasteiger partial charge in [0.25, 0.3) is 5.56 Å². The van der Waals surface area contributed by atoms with E-state index in [9.17, 15) is 14.4 Å². The third kappa shape index (κ3) is 4.20. The standard InChI is InChI=1S/C23H29N3O4/c27-21(28)11-6-14-25-22(29)19-13-12-17(24-16-7-2-1-3-8-16)15-20(19)26(23(25)30)18-9-4-5-10-18/h6,11-13,15-16,18,24H,1-5,7-10,14H2,(H,27,28)/b11-6+. The number of carboxylic acids is 1. The number of benzene rings is 1. The fourth-order valence-electron chi connectivity index (χ4n) is 4.88. The molecule has 30 heavy (non-hydrogen) atoms. The molecule has 2 N–H and O–H groups in total. The number of fused-ring (bicyclic) bond motifs is 1. The maximum absolute atomic E-state index is 13.3. The van der Waals surface area contributed by atoms with Crippen LogP contribution in [0.4, 0.5) is 5.69 Å². The molecule has 0 bridgehead atoms. The van der Waals surface area contributed by atoms with Crippen LogP contribution in [0.25, 0.3) is 10.9 Å². The van der Waals surface area contributed by atoms with Crippen molar-refractivity contribution < 1.29 is 9.90 Å². The molecule has 2 aromatic rings. The second kappa shape index (κ2) is 8.90. The number of nitrogens with one attached hydrogen (secondary N) is 1. The van der Waals surface area contributed by atoms with Crippen LogP contribution in [0, 0.1) is 0 Å². The lowest BCUT2D eigenvalue weighted by atomic mass is 9.95. The van der Waals surface area contributed by atoms with Gasteiger partial charge in [0.05, 0.1) is 10.9 Å². The summed E-state index contributed by atoms with van der Waals surface area (Å²) in [4.78, 5) is 37.1. The van der Waals surface area contributed by atoms with Crippen LogP contribution in [-0.4, -0.2) is 26.3 Å². The second-order valence-corrected chi connectivity index (χ2v) is 8.46. The average molecular weight is 412 g/mol. The van der Waals surface area contributed by atoms with Crippen LogP contribution in [0.3, 0.4) is 0 Å². The number of carboxylic acid groups (broad SMARTS) is 1. The number of nitrogens with zero attached hydrogens (tertiary/aromatic N) is 2. The van der Waals surface area contributed by atoms with Crippen molar-refractivity contribution in [1.29, 1.82) is 0 Å². The lowest BCUT2D eigenvalue weighted by molar-refractivity contribution is -0.131.